The Kier molecular flexibility index (Phi) is 5.79. The van der Waals surface area contributed by atoms with E-state index in [1.165, 1.54) is 4.31 Å². The number of hydrogen-bond acceptors (Lipinski definition) is 3. The third kappa shape index (κ3) is 4.47. The Balaban J connectivity index is 2.03. The molecular weight excluding hydrogens is 360 g/mol. The normalized spacial score (nSPS) is 13.0. The molecule has 142 valence electrons. The number of likely N-dealkylation sites (N-methyl/N-ethyl adjacent to an activating group) is 1. The number of anilines is 1. The summed E-state index contributed by atoms with van der Waals surface area (Å²) in [7, 11) is 0.0367. The van der Waals surface area contributed by atoms with Crippen molar-refractivity contribution in [3.8, 4) is 0 Å². The number of quaternary nitrogens is 1. The summed E-state index contributed by atoms with van der Waals surface area (Å²) < 4.78 is 28.1. The van der Waals surface area contributed by atoms with Crippen LogP contribution in [-0.2, 0) is 10.0 Å². The van der Waals surface area contributed by atoms with Gasteiger partial charge in [0.15, 0.2) is 0 Å². The summed E-state index contributed by atoms with van der Waals surface area (Å²) >= 11 is 0. The van der Waals surface area contributed by atoms with E-state index in [9.17, 15) is 13.5 Å². The van der Waals surface area contributed by atoms with Crippen molar-refractivity contribution in [3.05, 3.63) is 72.8 Å². The maximum Gasteiger partial charge on any atom is 0.264 e. The van der Waals surface area contributed by atoms with E-state index < -0.39 is 16.1 Å². The van der Waals surface area contributed by atoms with E-state index in [2.05, 4.69) is 0 Å². The molecule has 2 N–H and O–H groups in total. The van der Waals surface area contributed by atoms with E-state index >= 15 is 0 Å². The third-order valence-corrected chi connectivity index (χ3v) is 6.16. The highest BCUT2D eigenvalue weighted by Gasteiger charge is 2.28. The number of aliphatic hydroxyl groups is 1. The van der Waals surface area contributed by atoms with Crippen LogP contribution in [0.15, 0.2) is 77.7 Å². The van der Waals surface area contributed by atoms with E-state index in [1.54, 1.807) is 36.4 Å². The van der Waals surface area contributed by atoms with Crippen LogP contribution in [0.1, 0.15) is 0 Å². The molecule has 0 fully saturated rings. The second-order valence-electron chi connectivity index (χ2n) is 6.95. The summed E-state index contributed by atoms with van der Waals surface area (Å²) in [4.78, 5) is 1.27. The lowest BCUT2D eigenvalue weighted by Crippen LogP contribution is -3.07. The molecule has 3 rings (SSSR count). The molecule has 3 aromatic carbocycles. The molecule has 0 aromatic heterocycles. The first-order valence-corrected chi connectivity index (χ1v) is 10.4. The molecule has 3 aromatic rings. The first kappa shape index (κ1) is 19.4. The molecule has 0 radical (unpaired) electrons. The highest BCUT2D eigenvalue weighted by molar-refractivity contribution is 7.92. The standard InChI is InChI=1S/C21H24N2O3S/c1-22(2)15-20(24)16-23(19-10-4-3-5-11-19)27(25,26)21-13-12-17-8-6-7-9-18(17)14-21/h3-14,20,24H,15-16H2,1-2H3/p+1/t20-/m0/s1. The Morgan fingerprint density at radius 2 is 1.56 bits per heavy atom. The minimum absolute atomic E-state index is 0.00432. The molecule has 1 atom stereocenters. The van der Waals surface area contributed by atoms with Crippen LogP contribution in [0.25, 0.3) is 10.8 Å². The van der Waals surface area contributed by atoms with Crippen LogP contribution in [0.3, 0.4) is 0 Å². The Morgan fingerprint density at radius 3 is 2.22 bits per heavy atom. The molecule has 0 amide bonds. The number of para-hydroxylation sites is 1. The topological polar surface area (TPSA) is 62.1 Å². The summed E-state index contributed by atoms with van der Waals surface area (Å²) in [6, 6.07) is 21.7. The molecule has 0 spiro atoms. The van der Waals surface area contributed by atoms with E-state index in [-0.39, 0.29) is 11.4 Å². The van der Waals surface area contributed by atoms with E-state index in [0.717, 1.165) is 15.7 Å². The van der Waals surface area contributed by atoms with Crippen LogP contribution >= 0.6 is 0 Å². The fourth-order valence-corrected chi connectivity index (χ4v) is 4.66. The summed E-state index contributed by atoms with van der Waals surface area (Å²) in [6.45, 7) is 0.459. The zero-order chi connectivity index (χ0) is 19.4. The Labute approximate surface area is 160 Å². The molecular formula is C21H25N2O3S+. The van der Waals surface area contributed by atoms with Gasteiger partial charge < -0.3 is 10.0 Å². The minimum atomic E-state index is -3.81. The number of aliphatic hydroxyl groups excluding tert-OH is 1. The van der Waals surface area contributed by atoms with Gasteiger partial charge in [-0.15, -0.1) is 0 Å². The fourth-order valence-electron chi connectivity index (χ4n) is 3.12. The largest absolute Gasteiger partial charge is 0.385 e. The van der Waals surface area contributed by atoms with Gasteiger partial charge in [-0.3, -0.25) is 4.31 Å². The van der Waals surface area contributed by atoms with Gasteiger partial charge in [-0.2, -0.15) is 0 Å². The van der Waals surface area contributed by atoms with Crippen LogP contribution in [0.5, 0.6) is 0 Å². The van der Waals surface area contributed by atoms with Gasteiger partial charge in [-0.25, -0.2) is 8.42 Å². The molecule has 0 heterocycles. The number of benzene rings is 3. The zero-order valence-corrected chi connectivity index (χ0v) is 16.4. The number of nitrogens with one attached hydrogen (secondary N) is 1. The van der Waals surface area contributed by atoms with Gasteiger partial charge in [-0.05, 0) is 35.0 Å². The maximum absolute atomic E-state index is 13.4. The van der Waals surface area contributed by atoms with Gasteiger partial charge in [0.25, 0.3) is 10.0 Å². The van der Waals surface area contributed by atoms with Crippen LogP contribution in [-0.4, -0.2) is 46.8 Å². The van der Waals surface area contributed by atoms with Crippen molar-refractivity contribution in [3.63, 3.8) is 0 Å². The van der Waals surface area contributed by atoms with Gasteiger partial charge in [0.2, 0.25) is 0 Å². The molecule has 0 aliphatic rings. The van der Waals surface area contributed by atoms with Crippen LogP contribution in [0.2, 0.25) is 0 Å². The third-order valence-electron chi connectivity index (χ3n) is 4.37. The maximum atomic E-state index is 13.4. The molecule has 0 aliphatic carbocycles. The Bertz CT molecular complexity index is 1000. The lowest BCUT2D eigenvalue weighted by molar-refractivity contribution is -0.861. The van der Waals surface area contributed by atoms with Crippen LogP contribution < -0.4 is 9.21 Å². The smallest absolute Gasteiger partial charge is 0.264 e. The SMILES string of the molecule is C[NH+](C)C[C@H](O)CN(c1ccccc1)S(=O)(=O)c1ccc2ccccc2c1. The first-order valence-electron chi connectivity index (χ1n) is 8.91. The van der Waals surface area contributed by atoms with Crippen molar-refractivity contribution in [1.29, 1.82) is 0 Å². The minimum Gasteiger partial charge on any atom is -0.385 e. The monoisotopic (exact) mass is 385 g/mol. The second kappa shape index (κ2) is 8.08. The highest BCUT2D eigenvalue weighted by atomic mass is 32.2. The molecule has 0 aliphatic heterocycles. The van der Waals surface area contributed by atoms with Crippen LogP contribution in [0, 0.1) is 0 Å². The van der Waals surface area contributed by atoms with Crippen molar-refractivity contribution in [2.45, 2.75) is 11.0 Å². The van der Waals surface area contributed by atoms with Gasteiger partial charge in [0, 0.05) is 0 Å². The first-order chi connectivity index (χ1) is 12.9. The second-order valence-corrected chi connectivity index (χ2v) is 8.81. The quantitative estimate of drug-likeness (QED) is 0.649. The predicted octanol–water partition coefficient (Wildman–Crippen LogP) is 1.54. The van der Waals surface area contributed by atoms with Gasteiger partial charge in [0.05, 0.1) is 31.2 Å². The predicted molar refractivity (Wildman–Crippen MR) is 109 cm³/mol. The van der Waals surface area contributed by atoms with Crippen molar-refractivity contribution in [2.24, 2.45) is 0 Å². The molecule has 6 heteroatoms. The number of hydrogen-bond donors (Lipinski definition) is 2. The van der Waals surface area contributed by atoms with Crippen molar-refractivity contribution in [1.82, 2.24) is 0 Å². The lowest BCUT2D eigenvalue weighted by atomic mass is 10.1. The van der Waals surface area contributed by atoms with Gasteiger partial charge in [-0.1, -0.05) is 48.5 Å². The number of sulfonamides is 1. The van der Waals surface area contributed by atoms with E-state index in [0.29, 0.717) is 12.2 Å². The zero-order valence-electron chi connectivity index (χ0n) is 15.5. The van der Waals surface area contributed by atoms with Crippen molar-refractivity contribution in [2.75, 3.05) is 31.5 Å². The molecule has 0 saturated heterocycles. The molecule has 0 bridgehead atoms. The summed E-state index contributed by atoms with van der Waals surface area (Å²) in [5.41, 5.74) is 0.540. The van der Waals surface area contributed by atoms with Gasteiger partial charge in [0.1, 0.15) is 12.6 Å². The Hall–Kier alpha value is -2.41. The van der Waals surface area contributed by atoms with E-state index in [1.807, 2.05) is 50.5 Å². The summed E-state index contributed by atoms with van der Waals surface area (Å²) in [6.07, 6.45) is -0.773. The summed E-state index contributed by atoms with van der Waals surface area (Å²) in [5, 5.41) is 12.3. The number of rotatable bonds is 7. The molecule has 0 saturated carbocycles. The van der Waals surface area contributed by atoms with Crippen molar-refractivity contribution >= 4 is 26.5 Å². The fraction of sp³-hybridized carbons (Fsp3) is 0.238. The number of nitrogens with zero attached hydrogens (tertiary/aromatic N) is 1. The lowest BCUT2D eigenvalue weighted by Gasteiger charge is -2.27. The average Bonchev–Trinajstić information content (AvgIpc) is 2.65. The molecule has 27 heavy (non-hydrogen) atoms. The van der Waals surface area contributed by atoms with Crippen molar-refractivity contribution < 1.29 is 18.4 Å². The van der Waals surface area contributed by atoms with E-state index in [4.69, 9.17) is 0 Å². The Morgan fingerprint density at radius 1 is 0.926 bits per heavy atom. The number of fused-ring (bicyclic) bond motifs is 1. The molecule has 5 nitrogen and oxygen atoms in total. The molecule has 0 unspecified atom stereocenters. The average molecular weight is 386 g/mol. The van der Waals surface area contributed by atoms with Gasteiger partial charge >= 0.3 is 0 Å². The highest BCUT2D eigenvalue weighted by Crippen LogP contribution is 2.26. The van der Waals surface area contributed by atoms with Crippen LogP contribution in [0.4, 0.5) is 5.69 Å². The summed E-state index contributed by atoms with van der Waals surface area (Å²) in [5.74, 6) is 0.